The summed E-state index contributed by atoms with van der Waals surface area (Å²) < 4.78 is 27.4. The first-order valence-electron chi connectivity index (χ1n) is 7.63. The van der Waals surface area contributed by atoms with Crippen LogP contribution in [0.3, 0.4) is 0 Å². The Kier molecular flexibility index (Phi) is 4.28. The van der Waals surface area contributed by atoms with Gasteiger partial charge < -0.3 is 4.90 Å². The highest BCUT2D eigenvalue weighted by molar-refractivity contribution is 7.90. The maximum Gasteiger partial charge on any atom is 0.301 e. The van der Waals surface area contributed by atoms with Gasteiger partial charge in [0.25, 0.3) is 0 Å². The van der Waals surface area contributed by atoms with Crippen LogP contribution in [0.4, 0.5) is 17.1 Å². The molecule has 1 N–H and O–H groups in total. The molecule has 0 bridgehead atoms. The Bertz CT molecular complexity index is 786. The number of nitrogens with one attached hydrogen (secondary N) is 1. The summed E-state index contributed by atoms with van der Waals surface area (Å²) in [7, 11) is -0.465. The molecular weight excluding hydrogens is 310 g/mol. The molecule has 0 aliphatic carbocycles. The van der Waals surface area contributed by atoms with Crippen LogP contribution in [0.25, 0.3) is 0 Å². The zero-order valence-electron chi connectivity index (χ0n) is 13.4. The van der Waals surface area contributed by atoms with Crippen molar-refractivity contribution in [2.24, 2.45) is 0 Å². The van der Waals surface area contributed by atoms with Gasteiger partial charge in [-0.05, 0) is 48.7 Å². The van der Waals surface area contributed by atoms with E-state index in [1.165, 1.54) is 25.3 Å². The molecule has 3 rings (SSSR count). The molecule has 122 valence electrons. The number of anilines is 3. The van der Waals surface area contributed by atoms with Gasteiger partial charge in [0.1, 0.15) is 0 Å². The van der Waals surface area contributed by atoms with Crippen molar-refractivity contribution in [1.29, 1.82) is 0 Å². The third-order valence-corrected chi connectivity index (χ3v) is 5.47. The Morgan fingerprint density at radius 3 is 2.43 bits per heavy atom. The molecule has 5 nitrogen and oxygen atoms in total. The highest BCUT2D eigenvalue weighted by Crippen LogP contribution is 2.33. The molecule has 0 atom stereocenters. The Labute approximate surface area is 137 Å². The Morgan fingerprint density at radius 1 is 1.04 bits per heavy atom. The van der Waals surface area contributed by atoms with Crippen molar-refractivity contribution in [3.8, 4) is 0 Å². The van der Waals surface area contributed by atoms with Crippen LogP contribution in [0.2, 0.25) is 0 Å². The van der Waals surface area contributed by atoms with Gasteiger partial charge in [0.05, 0.1) is 0 Å². The third-order valence-electron chi connectivity index (χ3n) is 4.02. The topological polar surface area (TPSA) is 52.7 Å². The van der Waals surface area contributed by atoms with Gasteiger partial charge >= 0.3 is 10.2 Å². The number of hydrogen-bond donors (Lipinski definition) is 1. The molecule has 0 unspecified atom stereocenters. The third kappa shape index (κ3) is 3.33. The van der Waals surface area contributed by atoms with Gasteiger partial charge in [-0.3, -0.25) is 4.72 Å². The molecule has 0 spiro atoms. The van der Waals surface area contributed by atoms with Crippen molar-refractivity contribution in [3.05, 3.63) is 54.1 Å². The number of aryl methyl sites for hydroxylation is 1. The number of fused-ring (bicyclic) bond motifs is 1. The molecule has 0 radical (unpaired) electrons. The van der Waals surface area contributed by atoms with Crippen molar-refractivity contribution >= 4 is 27.3 Å². The SMILES string of the molecule is CN(C)S(=O)(=O)Nc1ccc(N2CCCc3ccccc32)cc1. The Balaban J connectivity index is 1.84. The predicted octanol–water partition coefficient (Wildman–Crippen LogP) is 2.99. The lowest BCUT2D eigenvalue weighted by atomic mass is 10.0. The van der Waals surface area contributed by atoms with Gasteiger partial charge in [0, 0.05) is 37.7 Å². The van der Waals surface area contributed by atoms with E-state index in [0.29, 0.717) is 5.69 Å². The van der Waals surface area contributed by atoms with Crippen molar-refractivity contribution < 1.29 is 8.42 Å². The van der Waals surface area contributed by atoms with Gasteiger partial charge in [-0.2, -0.15) is 12.7 Å². The Hall–Kier alpha value is -2.05. The maximum atomic E-state index is 11.9. The fraction of sp³-hybridized carbons (Fsp3) is 0.294. The summed E-state index contributed by atoms with van der Waals surface area (Å²) >= 11 is 0. The molecule has 1 aliphatic rings. The lowest BCUT2D eigenvalue weighted by Crippen LogP contribution is -2.29. The van der Waals surface area contributed by atoms with Crippen molar-refractivity contribution in [1.82, 2.24) is 4.31 Å². The quantitative estimate of drug-likeness (QED) is 0.937. The van der Waals surface area contributed by atoms with Gasteiger partial charge in [-0.1, -0.05) is 18.2 Å². The van der Waals surface area contributed by atoms with Gasteiger partial charge in [-0.15, -0.1) is 0 Å². The summed E-state index contributed by atoms with van der Waals surface area (Å²) in [5, 5.41) is 0. The van der Waals surface area contributed by atoms with Gasteiger partial charge in [0.15, 0.2) is 0 Å². The monoisotopic (exact) mass is 331 g/mol. The summed E-state index contributed by atoms with van der Waals surface area (Å²) in [5.74, 6) is 0. The lowest BCUT2D eigenvalue weighted by molar-refractivity contribution is 0.527. The molecule has 0 amide bonds. The summed E-state index contributed by atoms with van der Waals surface area (Å²) in [4.78, 5) is 2.28. The molecule has 1 aliphatic heterocycles. The highest BCUT2D eigenvalue weighted by atomic mass is 32.2. The molecule has 6 heteroatoms. The fourth-order valence-electron chi connectivity index (χ4n) is 2.75. The van der Waals surface area contributed by atoms with E-state index in [1.54, 1.807) is 12.1 Å². The van der Waals surface area contributed by atoms with Crippen LogP contribution in [-0.2, 0) is 16.6 Å². The smallest absolute Gasteiger partial charge is 0.301 e. The zero-order chi connectivity index (χ0) is 16.4. The zero-order valence-corrected chi connectivity index (χ0v) is 14.2. The summed E-state index contributed by atoms with van der Waals surface area (Å²) in [6, 6.07) is 15.9. The molecule has 0 saturated carbocycles. The normalized spacial score (nSPS) is 14.7. The van der Waals surface area contributed by atoms with E-state index in [9.17, 15) is 8.42 Å². The standard InChI is InChI=1S/C17H21N3O2S/c1-19(2)23(21,22)18-15-9-11-16(12-10-15)20-13-5-7-14-6-3-4-8-17(14)20/h3-4,6,8-12,18H,5,7,13H2,1-2H3. The van der Waals surface area contributed by atoms with Crippen LogP contribution in [0.15, 0.2) is 48.5 Å². The number of hydrogen-bond acceptors (Lipinski definition) is 3. The summed E-state index contributed by atoms with van der Waals surface area (Å²) in [6.45, 7) is 0.972. The van der Waals surface area contributed by atoms with Crippen LogP contribution in [-0.4, -0.2) is 33.4 Å². The summed E-state index contributed by atoms with van der Waals surface area (Å²) in [6.07, 6.45) is 2.22. The van der Waals surface area contributed by atoms with Crippen LogP contribution >= 0.6 is 0 Å². The van der Waals surface area contributed by atoms with E-state index in [2.05, 4.69) is 33.9 Å². The number of benzene rings is 2. The van der Waals surface area contributed by atoms with E-state index >= 15 is 0 Å². The lowest BCUT2D eigenvalue weighted by Gasteiger charge is -2.31. The minimum Gasteiger partial charge on any atom is -0.341 e. The largest absolute Gasteiger partial charge is 0.341 e. The molecule has 0 fully saturated rings. The van der Waals surface area contributed by atoms with Crippen molar-refractivity contribution in [2.75, 3.05) is 30.3 Å². The second kappa shape index (κ2) is 6.22. The molecule has 2 aromatic carbocycles. The minimum absolute atomic E-state index is 0.563. The molecule has 0 aromatic heterocycles. The fourth-order valence-corrected chi connectivity index (χ4v) is 3.37. The van der Waals surface area contributed by atoms with E-state index in [1.807, 2.05) is 12.1 Å². The first-order chi connectivity index (χ1) is 11.0. The van der Waals surface area contributed by atoms with Crippen LogP contribution in [0.5, 0.6) is 0 Å². The van der Waals surface area contributed by atoms with Crippen LogP contribution in [0, 0.1) is 0 Å². The molecule has 1 heterocycles. The number of para-hydroxylation sites is 1. The maximum absolute atomic E-state index is 11.9. The van der Waals surface area contributed by atoms with Crippen molar-refractivity contribution in [3.63, 3.8) is 0 Å². The predicted molar refractivity (Wildman–Crippen MR) is 94.4 cm³/mol. The van der Waals surface area contributed by atoms with E-state index in [4.69, 9.17) is 0 Å². The van der Waals surface area contributed by atoms with E-state index in [-0.39, 0.29) is 0 Å². The molecular formula is C17H21N3O2S. The first-order valence-corrected chi connectivity index (χ1v) is 9.07. The molecule has 0 saturated heterocycles. The second-order valence-electron chi connectivity index (χ2n) is 5.82. The molecule has 23 heavy (non-hydrogen) atoms. The van der Waals surface area contributed by atoms with E-state index in [0.717, 1.165) is 29.4 Å². The van der Waals surface area contributed by atoms with Crippen LogP contribution < -0.4 is 9.62 Å². The first kappa shape index (κ1) is 15.8. The number of nitrogens with zero attached hydrogens (tertiary/aromatic N) is 2. The van der Waals surface area contributed by atoms with Crippen molar-refractivity contribution in [2.45, 2.75) is 12.8 Å². The average Bonchev–Trinajstić information content (AvgIpc) is 2.55. The highest BCUT2D eigenvalue weighted by Gasteiger charge is 2.18. The minimum atomic E-state index is -3.47. The second-order valence-corrected chi connectivity index (χ2v) is 7.70. The van der Waals surface area contributed by atoms with Gasteiger partial charge in [-0.25, -0.2) is 0 Å². The average molecular weight is 331 g/mol. The molecule has 2 aromatic rings. The Morgan fingerprint density at radius 2 is 1.74 bits per heavy atom. The summed E-state index contributed by atoms with van der Waals surface area (Å²) in [5.41, 5.74) is 4.23. The van der Waals surface area contributed by atoms with Crippen LogP contribution in [0.1, 0.15) is 12.0 Å². The van der Waals surface area contributed by atoms with Gasteiger partial charge in [0.2, 0.25) is 0 Å². The number of rotatable bonds is 4. The van der Waals surface area contributed by atoms with E-state index < -0.39 is 10.2 Å².